The Morgan fingerprint density at radius 2 is 1.90 bits per heavy atom. The minimum Gasteiger partial charge on any atom is -0.399 e. The topological polar surface area (TPSA) is 48.5 Å². The number of amidine groups is 1. The van der Waals surface area contributed by atoms with Gasteiger partial charge >= 0.3 is 0 Å². The van der Waals surface area contributed by atoms with Crippen LogP contribution in [-0.2, 0) is 0 Å². The maximum absolute atomic E-state index is 3.98. The first-order chi connectivity index (χ1) is 4.79. The number of hydrogen-bond donors (Lipinski definition) is 3. The molecule has 0 aromatic heterocycles. The predicted molar refractivity (Wildman–Crippen MR) is 44.2 cm³/mol. The number of nitrogens with one attached hydrogen (secondary N) is 3. The second kappa shape index (κ2) is 5.40. The zero-order chi connectivity index (χ0) is 7.98. The molecule has 0 saturated heterocycles. The third-order valence-corrected chi connectivity index (χ3v) is 1.48. The lowest BCUT2D eigenvalue weighted by Gasteiger charge is -2.16. The molecule has 0 unspecified atom stereocenters. The van der Waals surface area contributed by atoms with Crippen LogP contribution < -0.4 is 15.6 Å². The van der Waals surface area contributed by atoms with Gasteiger partial charge in [0.05, 0.1) is 0 Å². The highest BCUT2D eigenvalue weighted by molar-refractivity contribution is 6.16. The van der Waals surface area contributed by atoms with E-state index in [1.165, 1.54) is 0 Å². The van der Waals surface area contributed by atoms with Gasteiger partial charge in [0.2, 0.25) is 0 Å². The molecule has 0 amide bonds. The van der Waals surface area contributed by atoms with Gasteiger partial charge in [-0.25, -0.2) is 0 Å². The fraction of sp³-hybridized carbons (Fsp3) is 0.800. The second-order valence-corrected chi connectivity index (χ2v) is 1.99. The number of likely N-dealkylation sites (N-methyl/N-ethyl adjacent to an activating group) is 2. The van der Waals surface area contributed by atoms with Gasteiger partial charge in [0, 0.05) is 7.05 Å². The fourth-order valence-corrected chi connectivity index (χ4v) is 0.931. The second-order valence-electron chi connectivity index (χ2n) is 1.74. The number of nitrogens with zero attached hydrogens (tertiary/aromatic N) is 1. The minimum atomic E-state index is 0.0718. The van der Waals surface area contributed by atoms with Crippen LogP contribution in [0.5, 0.6) is 0 Å². The normalized spacial score (nSPS) is 12.3. The minimum absolute atomic E-state index is 0.0718. The molecule has 10 heavy (non-hydrogen) atoms. The van der Waals surface area contributed by atoms with Gasteiger partial charge in [-0.05, 0) is 14.1 Å². The lowest BCUT2D eigenvalue weighted by atomic mass is 10.4. The van der Waals surface area contributed by atoms with Crippen LogP contribution in [0.1, 0.15) is 0 Å². The molecule has 3 N–H and O–H groups in total. The molecular formula is C5H13N4Si. The predicted octanol–water partition coefficient (Wildman–Crippen LogP) is -1.55. The molecule has 0 aromatic rings. The molecule has 4 nitrogen and oxygen atoms in total. The lowest BCUT2D eigenvalue weighted by molar-refractivity contribution is 0.609. The Labute approximate surface area is 65.0 Å². The molecule has 0 saturated carbocycles. The molecule has 0 fully saturated rings. The highest BCUT2D eigenvalue weighted by Gasteiger charge is 2.06. The van der Waals surface area contributed by atoms with E-state index in [1.807, 2.05) is 14.1 Å². The SMILES string of the molecule is CN=C(N[Si])C(NC)NC. The molecule has 3 radical (unpaired) electrons. The zero-order valence-electron chi connectivity index (χ0n) is 6.52. The van der Waals surface area contributed by atoms with E-state index in [4.69, 9.17) is 0 Å². The van der Waals surface area contributed by atoms with Crippen molar-refractivity contribution in [1.82, 2.24) is 15.6 Å². The molecule has 0 aliphatic carbocycles. The highest BCUT2D eigenvalue weighted by Crippen LogP contribution is 1.76. The van der Waals surface area contributed by atoms with Crippen molar-refractivity contribution in [2.24, 2.45) is 4.99 Å². The number of rotatable bonds is 3. The van der Waals surface area contributed by atoms with Crippen molar-refractivity contribution in [3.8, 4) is 0 Å². The van der Waals surface area contributed by atoms with E-state index in [2.05, 4.69) is 31.0 Å². The van der Waals surface area contributed by atoms with Gasteiger partial charge in [-0.2, -0.15) is 0 Å². The first kappa shape index (κ1) is 9.61. The van der Waals surface area contributed by atoms with Gasteiger partial charge in [-0.1, -0.05) is 0 Å². The average molecular weight is 157 g/mol. The standard InChI is InChI=1S/C5H13N4Si/c1-6-4(7-2)5(8-3)9-10/h4,6-7H,1-3H3,(H,8,9). The van der Waals surface area contributed by atoms with E-state index in [0.717, 1.165) is 5.84 Å². The molecule has 0 heterocycles. The van der Waals surface area contributed by atoms with E-state index in [-0.39, 0.29) is 6.17 Å². The van der Waals surface area contributed by atoms with Crippen molar-refractivity contribution in [2.45, 2.75) is 6.17 Å². The van der Waals surface area contributed by atoms with Crippen molar-refractivity contribution in [3.05, 3.63) is 0 Å². The lowest BCUT2D eigenvalue weighted by Crippen LogP contribution is -2.50. The van der Waals surface area contributed by atoms with Gasteiger partial charge < -0.3 is 4.98 Å². The summed E-state index contributed by atoms with van der Waals surface area (Å²) in [5.74, 6) is 0.821. The monoisotopic (exact) mass is 157 g/mol. The smallest absolute Gasteiger partial charge is 0.187 e. The van der Waals surface area contributed by atoms with Gasteiger partial charge in [0.15, 0.2) is 10.4 Å². The van der Waals surface area contributed by atoms with E-state index in [0.29, 0.717) is 0 Å². The van der Waals surface area contributed by atoms with Gasteiger partial charge in [0.25, 0.3) is 0 Å². The maximum atomic E-state index is 3.98. The Morgan fingerprint density at radius 1 is 1.40 bits per heavy atom. The van der Waals surface area contributed by atoms with Crippen LogP contribution in [0, 0.1) is 0 Å². The molecule has 57 valence electrons. The third kappa shape index (κ3) is 2.46. The van der Waals surface area contributed by atoms with E-state index < -0.39 is 0 Å². The molecule has 5 heteroatoms. The summed E-state index contributed by atoms with van der Waals surface area (Å²) < 4.78 is 0. The summed E-state index contributed by atoms with van der Waals surface area (Å²) in [6, 6.07) is 0. The van der Waals surface area contributed by atoms with E-state index in [9.17, 15) is 0 Å². The Balaban J connectivity index is 3.97. The van der Waals surface area contributed by atoms with Crippen LogP contribution in [0.3, 0.4) is 0 Å². The Hall–Kier alpha value is -0.393. The molecule has 0 aliphatic heterocycles. The summed E-state index contributed by atoms with van der Waals surface area (Å²) in [4.78, 5) is 6.76. The quantitative estimate of drug-likeness (QED) is 0.201. The average Bonchev–Trinajstić information content (AvgIpc) is 2.00. The summed E-state index contributed by atoms with van der Waals surface area (Å²) in [7, 11) is 8.58. The van der Waals surface area contributed by atoms with Gasteiger partial charge in [0.1, 0.15) is 12.0 Å². The first-order valence-corrected chi connectivity index (χ1v) is 3.54. The summed E-state index contributed by atoms with van der Waals surface area (Å²) in [6.45, 7) is 0. The van der Waals surface area contributed by atoms with E-state index >= 15 is 0 Å². The zero-order valence-corrected chi connectivity index (χ0v) is 7.52. The Morgan fingerprint density at radius 3 is 2.00 bits per heavy atom. The third-order valence-electron chi connectivity index (χ3n) is 1.22. The van der Waals surface area contributed by atoms with Crippen LogP contribution in [0.15, 0.2) is 4.99 Å². The number of hydrogen-bond acceptors (Lipinski definition) is 3. The summed E-state index contributed by atoms with van der Waals surface area (Å²) in [6.07, 6.45) is 0.0718. The van der Waals surface area contributed by atoms with Gasteiger partial charge in [-0.15, -0.1) is 0 Å². The Kier molecular flexibility index (Phi) is 5.18. The van der Waals surface area contributed by atoms with Crippen LogP contribution in [0.4, 0.5) is 0 Å². The van der Waals surface area contributed by atoms with Crippen LogP contribution in [-0.4, -0.2) is 43.5 Å². The van der Waals surface area contributed by atoms with Crippen LogP contribution >= 0.6 is 0 Å². The van der Waals surface area contributed by atoms with Crippen molar-refractivity contribution in [2.75, 3.05) is 21.1 Å². The summed E-state index contributed by atoms with van der Waals surface area (Å²) in [5.41, 5.74) is 0. The highest BCUT2D eigenvalue weighted by atomic mass is 28.2. The molecule has 0 aliphatic rings. The molecule has 0 rings (SSSR count). The van der Waals surface area contributed by atoms with Crippen molar-refractivity contribution >= 4 is 16.2 Å². The van der Waals surface area contributed by atoms with Crippen molar-refractivity contribution in [3.63, 3.8) is 0 Å². The van der Waals surface area contributed by atoms with Crippen molar-refractivity contribution in [1.29, 1.82) is 0 Å². The van der Waals surface area contributed by atoms with Crippen LogP contribution in [0.2, 0.25) is 0 Å². The maximum Gasteiger partial charge on any atom is 0.187 e. The van der Waals surface area contributed by atoms with E-state index in [1.54, 1.807) is 7.05 Å². The summed E-state index contributed by atoms with van der Waals surface area (Å²) >= 11 is 0. The van der Waals surface area contributed by atoms with Crippen molar-refractivity contribution < 1.29 is 0 Å². The fourth-order valence-electron chi connectivity index (χ4n) is 0.675. The summed E-state index contributed by atoms with van der Waals surface area (Å²) in [5, 5.41) is 6.04. The molecule has 0 spiro atoms. The first-order valence-electron chi connectivity index (χ1n) is 3.04. The van der Waals surface area contributed by atoms with Crippen LogP contribution in [0.25, 0.3) is 0 Å². The largest absolute Gasteiger partial charge is 0.399 e. The molecule has 0 aromatic carbocycles. The number of aliphatic imine (C=N–C) groups is 1. The molecule has 0 atom stereocenters. The Bertz CT molecular complexity index is 110. The molecule has 0 bridgehead atoms. The van der Waals surface area contributed by atoms with Gasteiger partial charge in [-0.3, -0.25) is 15.6 Å². The molecular weight excluding hydrogens is 144 g/mol.